The molecule has 612 valence electrons. The van der Waals surface area contributed by atoms with Crippen LogP contribution in [0.4, 0.5) is 34.1 Å². The van der Waals surface area contributed by atoms with Crippen LogP contribution in [-0.4, -0.2) is 9.13 Å². The van der Waals surface area contributed by atoms with Crippen molar-refractivity contribution in [2.45, 2.75) is 6.92 Å². The number of hydrogen-bond acceptors (Lipinski definition) is 2. The first kappa shape index (κ1) is 76.3. The van der Waals surface area contributed by atoms with Crippen LogP contribution in [0.1, 0.15) is 5.56 Å². The maximum Gasteiger partial charge on any atom is 0.0618 e. The van der Waals surface area contributed by atoms with Gasteiger partial charge in [0.1, 0.15) is 0 Å². The van der Waals surface area contributed by atoms with Gasteiger partial charge in [-0.25, -0.2) is 0 Å². The van der Waals surface area contributed by atoms with Crippen LogP contribution in [0.25, 0.3) is 208 Å². The third-order valence-corrected chi connectivity index (χ3v) is 27.1. The van der Waals surface area contributed by atoms with E-state index < -0.39 is 0 Å². The van der Waals surface area contributed by atoms with E-state index in [1.807, 2.05) is 0 Å². The van der Waals surface area contributed by atoms with Crippen LogP contribution >= 0.6 is 0 Å². The topological polar surface area (TPSA) is 16.3 Å². The molecule has 2 aromatic heterocycles. The van der Waals surface area contributed by atoms with Crippen LogP contribution in [0.2, 0.25) is 0 Å². The second-order valence-electron chi connectivity index (χ2n) is 34.4. The van der Waals surface area contributed by atoms with E-state index >= 15 is 0 Å². The summed E-state index contributed by atoms with van der Waals surface area (Å²) in [5.74, 6) is 0. The van der Waals surface area contributed by atoms with Gasteiger partial charge in [-0.1, -0.05) is 400 Å². The molecule has 0 saturated heterocycles. The average molecular weight is 1670 g/mol. The first-order chi connectivity index (χ1) is 65.0. The van der Waals surface area contributed by atoms with Crippen molar-refractivity contribution in [3.8, 4) is 67.0 Å². The predicted molar refractivity (Wildman–Crippen MR) is 560 cm³/mol. The number of aryl methyl sites for hydroxylation is 1. The number of hydrogen-bond donors (Lipinski definition) is 0. The number of para-hydroxylation sites is 6. The van der Waals surface area contributed by atoms with E-state index in [2.05, 4.69) is 517 Å². The van der Waals surface area contributed by atoms with Crippen molar-refractivity contribution < 1.29 is 0 Å². The fourth-order valence-electron chi connectivity index (χ4n) is 21.6. The summed E-state index contributed by atoms with van der Waals surface area (Å²) in [5.41, 5.74) is 27.5. The molecule has 0 N–H and O–H groups in total. The third kappa shape index (κ3) is 12.6. The molecule has 131 heavy (non-hydrogen) atoms. The maximum absolute atomic E-state index is 2.47. The van der Waals surface area contributed by atoms with Gasteiger partial charge >= 0.3 is 0 Å². The molecule has 0 aliphatic rings. The van der Waals surface area contributed by atoms with Crippen LogP contribution in [0.5, 0.6) is 0 Å². The predicted octanol–water partition coefficient (Wildman–Crippen LogP) is 35.5. The van der Waals surface area contributed by atoms with E-state index in [0.29, 0.717) is 0 Å². The zero-order valence-corrected chi connectivity index (χ0v) is 72.1. The molecular formula is C127H84N4. The monoisotopic (exact) mass is 1660 g/mol. The van der Waals surface area contributed by atoms with Crippen LogP contribution < -0.4 is 9.80 Å². The zero-order chi connectivity index (χ0) is 86.6. The number of nitrogens with zero attached hydrogens (tertiary/aromatic N) is 4. The van der Waals surface area contributed by atoms with Gasteiger partial charge in [0, 0.05) is 77.2 Å². The largest absolute Gasteiger partial charge is 0.309 e. The van der Waals surface area contributed by atoms with Gasteiger partial charge in [0.15, 0.2) is 0 Å². The Hall–Kier alpha value is -17.2. The van der Waals surface area contributed by atoms with Crippen molar-refractivity contribution in [2.24, 2.45) is 0 Å². The summed E-state index contributed by atoms with van der Waals surface area (Å²) in [6, 6.07) is 180. The van der Waals surface area contributed by atoms with E-state index in [9.17, 15) is 0 Å². The smallest absolute Gasteiger partial charge is 0.0618 e. The van der Waals surface area contributed by atoms with Gasteiger partial charge in [-0.15, -0.1) is 0 Å². The number of benzene rings is 24. The lowest BCUT2D eigenvalue weighted by Gasteiger charge is -2.30. The molecule has 0 bridgehead atoms. The normalized spacial score (nSPS) is 11.7. The molecule has 0 aliphatic carbocycles. The minimum absolute atomic E-state index is 1.09. The molecule has 0 radical (unpaired) electrons. The molecule has 2 heterocycles. The Morgan fingerprint density at radius 3 is 0.802 bits per heavy atom. The number of rotatable bonds is 13. The molecule has 0 spiro atoms. The van der Waals surface area contributed by atoms with E-state index in [4.69, 9.17) is 0 Å². The number of fused-ring (bicyclic) bond motifs is 15. The minimum Gasteiger partial charge on any atom is -0.309 e. The van der Waals surface area contributed by atoms with Gasteiger partial charge in [-0.2, -0.15) is 0 Å². The first-order valence-corrected chi connectivity index (χ1v) is 45.3. The Labute approximate surface area is 759 Å². The molecule has 0 saturated carbocycles. The summed E-state index contributed by atoms with van der Waals surface area (Å²) in [5, 5.41) is 27.1. The summed E-state index contributed by atoms with van der Waals surface area (Å²) in [6.45, 7) is 2.22. The SMILES string of the molecule is Cc1ccc2c(-c3cccc4ccccc34)c3ccccc3c(-c3c4ccccc4c(N(c4ccccc4)c4ccc(-n5c6ccccc6c6ccccc65)cc4)c4ccccc34)c2c1.c1ccc(-c2ccc(-c3c4ccccc4c(-c4c5ccccc5c(N(c5ccccc5)c5ccc(-n6c7ccccc7c7ccccc76)cc5)c5ccccc45)c4ccccc34)cc2)cc1. The van der Waals surface area contributed by atoms with Gasteiger partial charge in [-0.3, -0.25) is 0 Å². The molecule has 4 heteroatoms. The maximum atomic E-state index is 2.47. The highest BCUT2D eigenvalue weighted by molar-refractivity contribution is 6.33. The quantitative estimate of drug-likeness (QED) is 0.107. The first-order valence-electron chi connectivity index (χ1n) is 45.3. The minimum atomic E-state index is 1.09. The van der Waals surface area contributed by atoms with E-state index in [0.717, 1.165) is 45.5 Å². The van der Waals surface area contributed by atoms with Gasteiger partial charge in [0.05, 0.1) is 33.4 Å². The molecule has 0 atom stereocenters. The van der Waals surface area contributed by atoms with E-state index in [1.54, 1.807) is 0 Å². The highest BCUT2D eigenvalue weighted by atomic mass is 15.2. The summed E-state index contributed by atoms with van der Waals surface area (Å²) < 4.78 is 4.78. The van der Waals surface area contributed by atoms with Crippen molar-refractivity contribution in [1.82, 2.24) is 9.13 Å². The van der Waals surface area contributed by atoms with Gasteiger partial charge < -0.3 is 18.9 Å². The molecule has 26 aromatic rings. The molecule has 0 aliphatic heterocycles. The molecule has 4 nitrogen and oxygen atoms in total. The molecule has 0 fully saturated rings. The number of aromatic nitrogens is 2. The fraction of sp³-hybridized carbons (Fsp3) is 0.00787. The summed E-state index contributed by atoms with van der Waals surface area (Å²) >= 11 is 0. The van der Waals surface area contributed by atoms with Crippen molar-refractivity contribution in [3.63, 3.8) is 0 Å². The Balaban J connectivity index is 0.000000141. The van der Waals surface area contributed by atoms with E-state index in [-0.39, 0.29) is 0 Å². The highest BCUT2D eigenvalue weighted by Crippen LogP contribution is 2.56. The second kappa shape index (κ2) is 31.7. The summed E-state index contributed by atoms with van der Waals surface area (Å²) in [7, 11) is 0. The lowest BCUT2D eigenvalue weighted by Crippen LogP contribution is -2.11. The van der Waals surface area contributed by atoms with Crippen LogP contribution in [0.15, 0.2) is 491 Å². The van der Waals surface area contributed by atoms with Gasteiger partial charge in [0.2, 0.25) is 0 Å². The Bertz CT molecular complexity index is 8740. The standard InChI is InChI=1S/C64H42N2.C63H42N2/c1-3-19-43(20-4-1)44-35-37-45(38-36-44)61-51-25-7-9-27-53(51)62(54-28-10-8-26-52(54)61)63-55-29-11-13-31-57(55)64(58-32-14-12-30-56(58)63)65(46-21-5-2-6-22-46)47-39-41-48(42-40-47)66-59-33-17-15-23-49(59)50-24-16-18-34-60(50)66;1-41-34-39-54-57(40-41)62(51-26-8-7-25-50(51)60(54)49-31-17-19-42-18-5-6-22-46(42)49)61-52-27-9-11-29-55(52)63(56-30-12-10-28-53(56)61)64(43-20-3-2-4-21-43)44-35-37-45(38-36-44)65-58-32-15-13-23-47(58)48-24-14-16-33-59(48)65/h1-42H;2-40H,1H3. The number of anilines is 6. The highest BCUT2D eigenvalue weighted by Gasteiger charge is 2.30. The Kier molecular flexibility index (Phi) is 18.5. The lowest BCUT2D eigenvalue weighted by atomic mass is 9.81. The summed E-state index contributed by atoms with van der Waals surface area (Å²) in [4.78, 5) is 4.93. The van der Waals surface area contributed by atoms with E-state index in [1.165, 1.54) is 202 Å². The molecule has 0 amide bonds. The zero-order valence-electron chi connectivity index (χ0n) is 72.1. The molecule has 26 rings (SSSR count). The van der Waals surface area contributed by atoms with Crippen LogP contribution in [0, 0.1) is 6.92 Å². The second-order valence-corrected chi connectivity index (χ2v) is 34.4. The average Bonchev–Trinajstić information content (AvgIpc) is 1.59. The van der Waals surface area contributed by atoms with Crippen LogP contribution in [-0.2, 0) is 0 Å². The van der Waals surface area contributed by atoms with Crippen molar-refractivity contribution >= 4 is 175 Å². The molecule has 0 unspecified atom stereocenters. The third-order valence-electron chi connectivity index (χ3n) is 27.1. The Morgan fingerprint density at radius 1 is 0.160 bits per heavy atom. The van der Waals surface area contributed by atoms with Crippen molar-refractivity contribution in [2.75, 3.05) is 9.80 Å². The fourth-order valence-corrected chi connectivity index (χ4v) is 21.6. The molecule has 24 aromatic carbocycles. The van der Waals surface area contributed by atoms with Gasteiger partial charge in [-0.05, 0) is 235 Å². The van der Waals surface area contributed by atoms with Crippen molar-refractivity contribution in [3.05, 3.63) is 497 Å². The summed E-state index contributed by atoms with van der Waals surface area (Å²) in [6.07, 6.45) is 0. The van der Waals surface area contributed by atoms with Gasteiger partial charge in [0.25, 0.3) is 0 Å². The Morgan fingerprint density at radius 2 is 0.420 bits per heavy atom. The lowest BCUT2D eigenvalue weighted by molar-refractivity contribution is 1.17. The molecular weight excluding hydrogens is 1580 g/mol. The van der Waals surface area contributed by atoms with Crippen LogP contribution in [0.3, 0.4) is 0 Å². The van der Waals surface area contributed by atoms with Crippen molar-refractivity contribution in [1.29, 1.82) is 0 Å².